The molecule has 0 fully saturated rings. The molecule has 0 aliphatic carbocycles. The van der Waals surface area contributed by atoms with Gasteiger partial charge in [-0.05, 0) is 74.9 Å². The van der Waals surface area contributed by atoms with Gasteiger partial charge in [-0.2, -0.15) is 5.10 Å². The smallest absolute Gasteiger partial charge is 0.289 e. The number of rotatable bonds is 5. The Morgan fingerprint density at radius 1 is 0.972 bits per heavy atom. The van der Waals surface area contributed by atoms with E-state index >= 15 is 0 Å². The molecule has 5 aromatic rings. The van der Waals surface area contributed by atoms with E-state index in [2.05, 4.69) is 36.8 Å². The summed E-state index contributed by atoms with van der Waals surface area (Å²) in [7, 11) is 0. The highest BCUT2D eigenvalue weighted by Crippen LogP contribution is 2.32. The van der Waals surface area contributed by atoms with E-state index < -0.39 is 0 Å². The average Bonchev–Trinajstić information content (AvgIpc) is 3.46. The number of nitrogens with one attached hydrogen (secondary N) is 2. The molecular formula is C27H25N7O2. The van der Waals surface area contributed by atoms with Crippen molar-refractivity contribution in [3.8, 4) is 11.5 Å². The summed E-state index contributed by atoms with van der Waals surface area (Å²) < 4.78 is 13.5. The van der Waals surface area contributed by atoms with Crippen molar-refractivity contribution < 1.29 is 9.47 Å². The lowest BCUT2D eigenvalue weighted by Crippen LogP contribution is -2.17. The van der Waals surface area contributed by atoms with Gasteiger partial charge in [0.1, 0.15) is 24.4 Å². The molecule has 2 N–H and O–H groups in total. The Kier molecular flexibility index (Phi) is 5.18. The van der Waals surface area contributed by atoms with Crippen LogP contribution in [0.3, 0.4) is 0 Å². The molecule has 0 amide bonds. The molecule has 9 nitrogen and oxygen atoms in total. The standard InChI is InChI=1S/C27H25N7O2/c1-17-12-18(5-7-24(17)36-20-9-11-34-25(14-20)29-16-30-34)31-23-8-10-28-22-6-4-19(13-21(22)23)32-26-33-27(2,3)15-35-26/h4-14,16H,15H2,1-3H3,(H,28,31)(H,32,33). The Morgan fingerprint density at radius 3 is 2.67 bits per heavy atom. The van der Waals surface area contributed by atoms with Crippen molar-refractivity contribution in [1.82, 2.24) is 19.6 Å². The molecule has 3 aromatic heterocycles. The lowest BCUT2D eigenvalue weighted by molar-refractivity contribution is 0.278. The maximum absolute atomic E-state index is 6.11. The van der Waals surface area contributed by atoms with E-state index in [-0.39, 0.29) is 5.54 Å². The monoisotopic (exact) mass is 479 g/mol. The molecule has 0 unspecified atom stereocenters. The van der Waals surface area contributed by atoms with Gasteiger partial charge in [-0.15, -0.1) is 0 Å². The van der Waals surface area contributed by atoms with Crippen molar-refractivity contribution in [2.45, 2.75) is 26.3 Å². The van der Waals surface area contributed by atoms with E-state index in [9.17, 15) is 0 Å². The maximum atomic E-state index is 6.11. The first kappa shape index (κ1) is 21.8. The van der Waals surface area contributed by atoms with E-state index in [0.717, 1.165) is 44.9 Å². The van der Waals surface area contributed by atoms with Crippen LogP contribution >= 0.6 is 0 Å². The minimum Gasteiger partial charge on any atom is -0.462 e. The van der Waals surface area contributed by atoms with Crippen LogP contribution in [0.2, 0.25) is 0 Å². The third-order valence-corrected chi connectivity index (χ3v) is 5.89. The topological polar surface area (TPSA) is 98.0 Å². The van der Waals surface area contributed by atoms with Crippen LogP contribution in [-0.2, 0) is 4.74 Å². The minimum absolute atomic E-state index is 0.218. The van der Waals surface area contributed by atoms with Gasteiger partial charge in [0.25, 0.3) is 6.02 Å². The predicted octanol–water partition coefficient (Wildman–Crippen LogP) is 5.70. The van der Waals surface area contributed by atoms with Gasteiger partial charge in [0, 0.05) is 40.9 Å². The number of aromatic nitrogens is 4. The average molecular weight is 480 g/mol. The van der Waals surface area contributed by atoms with Gasteiger partial charge in [-0.1, -0.05) is 0 Å². The van der Waals surface area contributed by atoms with Crippen LogP contribution < -0.4 is 15.4 Å². The van der Waals surface area contributed by atoms with Crippen molar-refractivity contribution in [3.63, 3.8) is 0 Å². The molecule has 36 heavy (non-hydrogen) atoms. The second kappa shape index (κ2) is 8.53. The first-order valence-corrected chi connectivity index (χ1v) is 11.7. The fourth-order valence-electron chi connectivity index (χ4n) is 4.09. The Morgan fingerprint density at radius 2 is 1.83 bits per heavy atom. The Hall–Kier alpha value is -4.66. The Balaban J connectivity index is 1.23. The SMILES string of the molecule is Cc1cc(Nc2ccnc3ccc(NC4=NC(C)(C)CO4)cc23)ccc1Oc1ccn2ncnc2c1. The van der Waals surface area contributed by atoms with E-state index in [0.29, 0.717) is 18.4 Å². The Bertz CT molecular complexity index is 1620. The molecule has 1 aliphatic rings. The van der Waals surface area contributed by atoms with Crippen LogP contribution in [0.4, 0.5) is 17.1 Å². The van der Waals surface area contributed by atoms with Crippen molar-refractivity contribution in [3.05, 3.63) is 78.9 Å². The molecule has 0 bridgehead atoms. The highest BCUT2D eigenvalue weighted by molar-refractivity contribution is 5.98. The number of ether oxygens (including phenoxy) is 2. The molecule has 180 valence electrons. The van der Waals surface area contributed by atoms with Gasteiger partial charge in [0.05, 0.1) is 11.1 Å². The van der Waals surface area contributed by atoms with Crippen LogP contribution in [-0.4, -0.2) is 37.7 Å². The number of hydrogen-bond donors (Lipinski definition) is 2. The summed E-state index contributed by atoms with van der Waals surface area (Å²) in [6.45, 7) is 6.67. The summed E-state index contributed by atoms with van der Waals surface area (Å²) in [6, 6.07) is 18.2. The molecule has 0 saturated heterocycles. The van der Waals surface area contributed by atoms with Crippen LogP contribution in [0.1, 0.15) is 19.4 Å². The lowest BCUT2D eigenvalue weighted by atomic mass is 10.1. The lowest BCUT2D eigenvalue weighted by Gasteiger charge is -2.14. The van der Waals surface area contributed by atoms with Gasteiger partial charge in [-0.25, -0.2) is 14.5 Å². The molecule has 0 saturated carbocycles. The number of benzene rings is 2. The fraction of sp³-hybridized carbons (Fsp3) is 0.185. The number of aliphatic imine (C=N–C) groups is 1. The Labute approximate surface area is 207 Å². The van der Waals surface area contributed by atoms with Crippen LogP contribution in [0.5, 0.6) is 11.5 Å². The zero-order valence-electron chi connectivity index (χ0n) is 20.2. The maximum Gasteiger partial charge on any atom is 0.289 e. The summed E-state index contributed by atoms with van der Waals surface area (Å²) in [6.07, 6.45) is 5.15. The van der Waals surface area contributed by atoms with E-state index in [1.807, 2.05) is 75.5 Å². The zero-order chi connectivity index (χ0) is 24.7. The second-order valence-electron chi connectivity index (χ2n) is 9.37. The van der Waals surface area contributed by atoms with Crippen LogP contribution in [0.15, 0.2) is 78.3 Å². The molecule has 0 atom stereocenters. The van der Waals surface area contributed by atoms with Gasteiger partial charge < -0.3 is 20.1 Å². The molecular weight excluding hydrogens is 454 g/mol. The third-order valence-electron chi connectivity index (χ3n) is 5.89. The number of hydrogen-bond acceptors (Lipinski definition) is 8. The number of aryl methyl sites for hydroxylation is 1. The number of fused-ring (bicyclic) bond motifs is 2. The first-order chi connectivity index (χ1) is 17.4. The second-order valence-corrected chi connectivity index (χ2v) is 9.37. The van der Waals surface area contributed by atoms with E-state index in [1.54, 1.807) is 10.7 Å². The highest BCUT2D eigenvalue weighted by Gasteiger charge is 2.26. The first-order valence-electron chi connectivity index (χ1n) is 11.7. The van der Waals surface area contributed by atoms with Crippen molar-refractivity contribution in [2.24, 2.45) is 4.99 Å². The summed E-state index contributed by atoms with van der Waals surface area (Å²) in [5.74, 6) is 1.48. The molecule has 2 aromatic carbocycles. The van der Waals surface area contributed by atoms with Gasteiger partial charge in [0.15, 0.2) is 5.65 Å². The van der Waals surface area contributed by atoms with Gasteiger partial charge in [0.2, 0.25) is 0 Å². The normalized spacial score (nSPS) is 14.5. The largest absolute Gasteiger partial charge is 0.462 e. The molecule has 4 heterocycles. The van der Waals surface area contributed by atoms with E-state index in [1.165, 1.54) is 6.33 Å². The molecule has 9 heteroatoms. The van der Waals surface area contributed by atoms with Crippen molar-refractivity contribution in [1.29, 1.82) is 0 Å². The molecule has 6 rings (SSSR count). The third kappa shape index (κ3) is 4.38. The van der Waals surface area contributed by atoms with Gasteiger partial charge >= 0.3 is 0 Å². The summed E-state index contributed by atoms with van der Waals surface area (Å²) in [5, 5.41) is 11.9. The van der Waals surface area contributed by atoms with E-state index in [4.69, 9.17) is 9.47 Å². The van der Waals surface area contributed by atoms with Crippen LogP contribution in [0.25, 0.3) is 16.6 Å². The summed E-state index contributed by atoms with van der Waals surface area (Å²) >= 11 is 0. The van der Waals surface area contributed by atoms with Crippen molar-refractivity contribution >= 4 is 39.6 Å². The quantitative estimate of drug-likeness (QED) is 0.334. The summed E-state index contributed by atoms with van der Waals surface area (Å²) in [5.41, 5.74) is 5.19. The zero-order valence-corrected chi connectivity index (χ0v) is 20.2. The minimum atomic E-state index is -0.218. The number of nitrogens with zero attached hydrogens (tertiary/aromatic N) is 5. The molecule has 0 radical (unpaired) electrons. The van der Waals surface area contributed by atoms with Crippen LogP contribution in [0, 0.1) is 6.92 Å². The van der Waals surface area contributed by atoms with Crippen molar-refractivity contribution in [2.75, 3.05) is 17.2 Å². The highest BCUT2D eigenvalue weighted by atomic mass is 16.5. The number of pyridine rings is 2. The fourth-order valence-corrected chi connectivity index (χ4v) is 4.09. The van der Waals surface area contributed by atoms with Gasteiger partial charge in [-0.3, -0.25) is 4.98 Å². The molecule has 0 spiro atoms. The number of anilines is 3. The number of amidine groups is 1. The predicted molar refractivity (Wildman–Crippen MR) is 140 cm³/mol. The molecule has 1 aliphatic heterocycles. The summed E-state index contributed by atoms with van der Waals surface area (Å²) in [4.78, 5) is 13.3.